The molecule has 4 rings (SSSR count). The normalized spacial score (nSPS) is 13.8. The Morgan fingerprint density at radius 2 is 1.84 bits per heavy atom. The van der Waals surface area contributed by atoms with Crippen molar-refractivity contribution in [2.75, 3.05) is 23.3 Å². The molecule has 1 aromatic carbocycles. The first-order chi connectivity index (χ1) is 12.3. The highest BCUT2D eigenvalue weighted by atomic mass is 16.1. The summed E-state index contributed by atoms with van der Waals surface area (Å²) in [7, 11) is 0. The van der Waals surface area contributed by atoms with Crippen LogP contribution >= 0.6 is 0 Å². The number of benzene rings is 1. The molecular weight excluding hydrogens is 316 g/mol. The summed E-state index contributed by atoms with van der Waals surface area (Å²) in [5.74, 6) is 1.35. The average molecular weight is 334 g/mol. The van der Waals surface area contributed by atoms with Crippen molar-refractivity contribution in [2.45, 2.75) is 12.8 Å². The number of imidazole rings is 1. The molecule has 126 valence electrons. The van der Waals surface area contributed by atoms with Gasteiger partial charge in [-0.2, -0.15) is 0 Å². The average Bonchev–Trinajstić information content (AvgIpc) is 3.36. The van der Waals surface area contributed by atoms with E-state index in [9.17, 15) is 4.79 Å². The molecule has 1 amide bonds. The van der Waals surface area contributed by atoms with E-state index in [4.69, 9.17) is 0 Å². The van der Waals surface area contributed by atoms with E-state index in [1.165, 1.54) is 12.8 Å². The summed E-state index contributed by atoms with van der Waals surface area (Å²) in [5, 5.41) is 11.1. The smallest absolute Gasteiger partial charge is 0.276 e. The third-order valence-corrected chi connectivity index (χ3v) is 4.23. The van der Waals surface area contributed by atoms with Crippen molar-refractivity contribution in [2.24, 2.45) is 0 Å². The molecule has 1 saturated heterocycles. The van der Waals surface area contributed by atoms with Gasteiger partial charge in [0.05, 0.1) is 0 Å². The van der Waals surface area contributed by atoms with E-state index in [0.29, 0.717) is 11.4 Å². The number of aromatic amines is 1. The second-order valence-corrected chi connectivity index (χ2v) is 5.94. The second kappa shape index (κ2) is 6.72. The Kier molecular flexibility index (Phi) is 4.12. The number of aromatic nitrogens is 4. The van der Waals surface area contributed by atoms with E-state index in [0.717, 1.165) is 30.3 Å². The molecule has 0 aliphatic carbocycles. The molecule has 0 radical (unpaired) electrons. The lowest BCUT2D eigenvalue weighted by atomic mass is 10.2. The zero-order valence-corrected chi connectivity index (χ0v) is 13.6. The van der Waals surface area contributed by atoms with Gasteiger partial charge in [0.2, 0.25) is 0 Å². The van der Waals surface area contributed by atoms with E-state index >= 15 is 0 Å². The molecule has 2 N–H and O–H groups in total. The van der Waals surface area contributed by atoms with E-state index in [-0.39, 0.29) is 5.91 Å². The third kappa shape index (κ3) is 3.35. The maximum absolute atomic E-state index is 12.3. The summed E-state index contributed by atoms with van der Waals surface area (Å²) in [6, 6.07) is 11.0. The lowest BCUT2D eigenvalue weighted by Gasteiger charge is -2.15. The minimum absolute atomic E-state index is 0.272. The number of nitrogens with zero attached hydrogens (tertiary/aromatic N) is 4. The highest BCUT2D eigenvalue weighted by molar-refractivity contribution is 6.02. The van der Waals surface area contributed by atoms with Crippen LogP contribution < -0.4 is 10.2 Å². The van der Waals surface area contributed by atoms with Crippen molar-refractivity contribution in [3.8, 4) is 11.4 Å². The molecular formula is C18H18N6O. The van der Waals surface area contributed by atoms with Crippen LogP contribution in [0.3, 0.4) is 0 Å². The van der Waals surface area contributed by atoms with Crippen LogP contribution in [-0.2, 0) is 0 Å². The van der Waals surface area contributed by atoms with Gasteiger partial charge in [0.1, 0.15) is 5.82 Å². The molecule has 7 heteroatoms. The molecule has 25 heavy (non-hydrogen) atoms. The number of nitrogens with one attached hydrogen (secondary N) is 2. The van der Waals surface area contributed by atoms with Crippen LogP contribution in [0.5, 0.6) is 0 Å². The summed E-state index contributed by atoms with van der Waals surface area (Å²) >= 11 is 0. The predicted octanol–water partition coefficient (Wildman–Crippen LogP) is 2.72. The Balaban J connectivity index is 1.42. The molecule has 3 aromatic rings. The highest BCUT2D eigenvalue weighted by Gasteiger charge is 2.15. The lowest BCUT2D eigenvalue weighted by molar-refractivity contribution is 0.102. The Morgan fingerprint density at radius 1 is 1.04 bits per heavy atom. The van der Waals surface area contributed by atoms with E-state index in [1.54, 1.807) is 18.5 Å². The molecule has 1 fully saturated rings. The second-order valence-electron chi connectivity index (χ2n) is 5.94. The van der Waals surface area contributed by atoms with Gasteiger partial charge in [-0.1, -0.05) is 0 Å². The third-order valence-electron chi connectivity index (χ3n) is 4.23. The van der Waals surface area contributed by atoms with Gasteiger partial charge >= 0.3 is 0 Å². The Hall–Kier alpha value is -3.22. The molecule has 2 aromatic heterocycles. The van der Waals surface area contributed by atoms with Crippen LogP contribution in [0.25, 0.3) is 11.4 Å². The number of hydrogen-bond donors (Lipinski definition) is 2. The van der Waals surface area contributed by atoms with Gasteiger partial charge in [-0.15, -0.1) is 10.2 Å². The van der Waals surface area contributed by atoms with Crippen molar-refractivity contribution >= 4 is 17.4 Å². The number of H-pyrrole nitrogens is 1. The minimum atomic E-state index is -0.272. The van der Waals surface area contributed by atoms with Crippen molar-refractivity contribution in [1.82, 2.24) is 20.2 Å². The molecule has 0 bridgehead atoms. The number of hydrogen-bond acceptors (Lipinski definition) is 5. The topological polar surface area (TPSA) is 86.8 Å². The molecule has 0 spiro atoms. The summed E-state index contributed by atoms with van der Waals surface area (Å²) in [6.45, 7) is 2.00. The number of amides is 1. The van der Waals surface area contributed by atoms with Gasteiger partial charge in [0, 0.05) is 36.7 Å². The fourth-order valence-electron chi connectivity index (χ4n) is 2.89. The number of carbonyl (C=O) groups is 1. The highest BCUT2D eigenvalue weighted by Crippen LogP contribution is 2.19. The molecule has 7 nitrogen and oxygen atoms in total. The fraction of sp³-hybridized carbons (Fsp3) is 0.222. The van der Waals surface area contributed by atoms with Crippen LogP contribution in [0.15, 0.2) is 48.8 Å². The summed E-state index contributed by atoms with van der Waals surface area (Å²) in [5.41, 5.74) is 1.96. The lowest BCUT2D eigenvalue weighted by Crippen LogP contribution is -2.21. The van der Waals surface area contributed by atoms with Crippen molar-refractivity contribution < 1.29 is 4.79 Å². The van der Waals surface area contributed by atoms with Gasteiger partial charge < -0.3 is 15.2 Å². The Bertz CT molecular complexity index is 836. The summed E-state index contributed by atoms with van der Waals surface area (Å²) in [6.07, 6.45) is 5.83. The molecule has 1 aliphatic heterocycles. The SMILES string of the molecule is O=C(Nc1ccc(-c2ncc[nH]2)cc1)c1ccc(N2CCCC2)nn1. The number of rotatable bonds is 4. The van der Waals surface area contributed by atoms with Gasteiger partial charge in [-0.3, -0.25) is 4.79 Å². The van der Waals surface area contributed by atoms with E-state index < -0.39 is 0 Å². The maximum atomic E-state index is 12.3. The monoisotopic (exact) mass is 334 g/mol. The van der Waals surface area contributed by atoms with Crippen LogP contribution in [0.1, 0.15) is 23.3 Å². The van der Waals surface area contributed by atoms with Gasteiger partial charge in [0.25, 0.3) is 5.91 Å². The quantitative estimate of drug-likeness (QED) is 0.766. The largest absolute Gasteiger partial charge is 0.355 e. The Morgan fingerprint density at radius 3 is 2.48 bits per heavy atom. The van der Waals surface area contributed by atoms with Gasteiger partial charge in [0.15, 0.2) is 11.5 Å². The standard InChI is InChI=1S/C18H18N6O/c25-18(15-7-8-16(23-22-15)24-11-1-2-12-24)21-14-5-3-13(4-6-14)17-19-9-10-20-17/h3-10H,1-2,11-12H2,(H,19,20)(H,21,25). The minimum Gasteiger partial charge on any atom is -0.355 e. The molecule has 0 saturated carbocycles. The van der Waals surface area contributed by atoms with Crippen LogP contribution in [0, 0.1) is 0 Å². The first-order valence-corrected chi connectivity index (χ1v) is 8.29. The first kappa shape index (κ1) is 15.3. The molecule has 3 heterocycles. The molecule has 1 aliphatic rings. The zero-order chi connectivity index (χ0) is 17.1. The van der Waals surface area contributed by atoms with Crippen molar-refractivity contribution in [1.29, 1.82) is 0 Å². The maximum Gasteiger partial charge on any atom is 0.276 e. The summed E-state index contributed by atoms with van der Waals surface area (Å²) in [4.78, 5) is 21.7. The van der Waals surface area contributed by atoms with Crippen LogP contribution in [0.4, 0.5) is 11.5 Å². The van der Waals surface area contributed by atoms with E-state index in [1.807, 2.05) is 30.3 Å². The zero-order valence-electron chi connectivity index (χ0n) is 13.6. The van der Waals surface area contributed by atoms with Crippen LogP contribution in [0.2, 0.25) is 0 Å². The summed E-state index contributed by atoms with van der Waals surface area (Å²) < 4.78 is 0. The van der Waals surface area contributed by atoms with Crippen molar-refractivity contribution in [3.63, 3.8) is 0 Å². The van der Waals surface area contributed by atoms with E-state index in [2.05, 4.69) is 30.4 Å². The van der Waals surface area contributed by atoms with Crippen molar-refractivity contribution in [3.05, 3.63) is 54.5 Å². The first-order valence-electron chi connectivity index (χ1n) is 8.29. The fourth-order valence-corrected chi connectivity index (χ4v) is 2.89. The molecule has 0 unspecified atom stereocenters. The number of carbonyl (C=O) groups excluding carboxylic acids is 1. The molecule has 0 atom stereocenters. The Labute approximate surface area is 145 Å². The van der Waals surface area contributed by atoms with Gasteiger partial charge in [-0.25, -0.2) is 4.98 Å². The van der Waals surface area contributed by atoms with Gasteiger partial charge in [-0.05, 0) is 49.2 Å². The number of anilines is 2. The predicted molar refractivity (Wildman–Crippen MR) is 95.5 cm³/mol. The van der Waals surface area contributed by atoms with Crippen LogP contribution in [-0.4, -0.2) is 39.2 Å².